The third kappa shape index (κ3) is 4.20. The number of hydrogen-bond acceptors (Lipinski definition) is 4. The predicted molar refractivity (Wildman–Crippen MR) is 71.8 cm³/mol. The third-order valence-corrected chi connectivity index (χ3v) is 3.01. The number of rotatable bonds is 7. The lowest BCUT2D eigenvalue weighted by atomic mass is 9.90. The molecule has 0 radical (unpaired) electrons. The van der Waals surface area contributed by atoms with Crippen molar-refractivity contribution in [3.05, 3.63) is 23.8 Å². The van der Waals surface area contributed by atoms with Gasteiger partial charge in [-0.3, -0.25) is 0 Å². The predicted octanol–water partition coefficient (Wildman–Crippen LogP) is 1.90. The fourth-order valence-corrected chi connectivity index (χ4v) is 1.80. The molecule has 0 aliphatic heterocycles. The van der Waals surface area contributed by atoms with Gasteiger partial charge in [0.15, 0.2) is 11.5 Å². The number of ether oxygens (including phenoxy) is 1. The normalized spacial score (nSPS) is 11.6. The molecule has 0 spiro atoms. The molecule has 0 aliphatic rings. The zero-order chi connectivity index (χ0) is 13.6. The van der Waals surface area contributed by atoms with E-state index in [4.69, 9.17) is 9.84 Å². The molecule has 0 heterocycles. The molecular weight excluding hydrogens is 230 g/mol. The summed E-state index contributed by atoms with van der Waals surface area (Å²) in [6.07, 6.45) is 0.754. The van der Waals surface area contributed by atoms with E-state index in [1.165, 1.54) is 7.11 Å². The first-order valence-electron chi connectivity index (χ1n) is 6.16. The van der Waals surface area contributed by atoms with Crippen molar-refractivity contribution in [3.8, 4) is 11.5 Å². The summed E-state index contributed by atoms with van der Waals surface area (Å²) in [5.74, 6) is 0.677. The second-order valence-corrected chi connectivity index (χ2v) is 5.21. The first-order valence-corrected chi connectivity index (χ1v) is 6.16. The maximum atomic E-state index is 9.92. The summed E-state index contributed by atoms with van der Waals surface area (Å²) in [4.78, 5) is 0. The van der Waals surface area contributed by atoms with Gasteiger partial charge in [0.05, 0.1) is 7.11 Å². The van der Waals surface area contributed by atoms with Crippen LogP contribution in [0.1, 0.15) is 25.8 Å². The molecule has 3 N–H and O–H groups in total. The van der Waals surface area contributed by atoms with Crippen LogP contribution in [0.25, 0.3) is 0 Å². The van der Waals surface area contributed by atoms with E-state index in [1.54, 1.807) is 6.07 Å². The Bertz CT molecular complexity index is 377. The molecule has 1 aromatic rings. The minimum Gasteiger partial charge on any atom is -0.504 e. The SMILES string of the molecule is COc1cccc(CNCC(C)(C)CCO)c1O. The largest absolute Gasteiger partial charge is 0.504 e. The Morgan fingerprint density at radius 1 is 1.33 bits per heavy atom. The summed E-state index contributed by atoms with van der Waals surface area (Å²) >= 11 is 0. The Balaban J connectivity index is 2.54. The number of benzene rings is 1. The summed E-state index contributed by atoms with van der Waals surface area (Å²) in [5, 5.41) is 22.2. The molecule has 0 bridgehead atoms. The maximum absolute atomic E-state index is 9.92. The Kier molecular flexibility index (Phi) is 5.44. The number of hydrogen-bond donors (Lipinski definition) is 3. The van der Waals surface area contributed by atoms with Gasteiger partial charge in [0.2, 0.25) is 0 Å². The quantitative estimate of drug-likeness (QED) is 0.694. The number of nitrogens with one attached hydrogen (secondary N) is 1. The fraction of sp³-hybridized carbons (Fsp3) is 0.571. The minimum atomic E-state index is 0.0449. The van der Waals surface area contributed by atoms with Gasteiger partial charge >= 0.3 is 0 Å². The molecule has 102 valence electrons. The highest BCUT2D eigenvalue weighted by Crippen LogP contribution is 2.29. The van der Waals surface area contributed by atoms with Gasteiger partial charge in [-0.25, -0.2) is 0 Å². The molecule has 18 heavy (non-hydrogen) atoms. The third-order valence-electron chi connectivity index (χ3n) is 3.01. The molecule has 1 rings (SSSR count). The highest BCUT2D eigenvalue weighted by molar-refractivity contribution is 5.45. The van der Waals surface area contributed by atoms with E-state index in [9.17, 15) is 5.11 Å². The van der Waals surface area contributed by atoms with Gasteiger partial charge in [-0.15, -0.1) is 0 Å². The first-order chi connectivity index (χ1) is 8.50. The van der Waals surface area contributed by atoms with Crippen LogP contribution in [-0.4, -0.2) is 30.5 Å². The van der Waals surface area contributed by atoms with Crippen molar-refractivity contribution in [2.75, 3.05) is 20.3 Å². The van der Waals surface area contributed by atoms with Crippen molar-refractivity contribution < 1.29 is 14.9 Å². The van der Waals surface area contributed by atoms with Gasteiger partial charge in [0, 0.05) is 25.3 Å². The number of aliphatic hydroxyl groups excluding tert-OH is 1. The zero-order valence-corrected chi connectivity index (χ0v) is 11.4. The monoisotopic (exact) mass is 253 g/mol. The molecule has 0 fully saturated rings. The van der Waals surface area contributed by atoms with Crippen LogP contribution in [-0.2, 0) is 6.54 Å². The van der Waals surface area contributed by atoms with E-state index in [1.807, 2.05) is 12.1 Å². The number of para-hydroxylation sites is 1. The van der Waals surface area contributed by atoms with Crippen molar-refractivity contribution in [2.24, 2.45) is 5.41 Å². The average molecular weight is 253 g/mol. The fourth-order valence-electron chi connectivity index (χ4n) is 1.80. The van der Waals surface area contributed by atoms with Gasteiger partial charge in [0.25, 0.3) is 0 Å². The highest BCUT2D eigenvalue weighted by Gasteiger charge is 2.16. The Morgan fingerprint density at radius 2 is 2.06 bits per heavy atom. The van der Waals surface area contributed by atoms with Gasteiger partial charge < -0.3 is 20.3 Å². The van der Waals surface area contributed by atoms with E-state index in [0.29, 0.717) is 12.3 Å². The van der Waals surface area contributed by atoms with Crippen molar-refractivity contribution in [2.45, 2.75) is 26.8 Å². The van der Waals surface area contributed by atoms with E-state index in [0.717, 1.165) is 18.5 Å². The van der Waals surface area contributed by atoms with Crippen LogP contribution in [0.4, 0.5) is 0 Å². The van der Waals surface area contributed by atoms with E-state index in [-0.39, 0.29) is 17.8 Å². The van der Waals surface area contributed by atoms with Crippen LogP contribution >= 0.6 is 0 Å². The second-order valence-electron chi connectivity index (χ2n) is 5.21. The lowest BCUT2D eigenvalue weighted by Gasteiger charge is -2.24. The number of phenolic OH excluding ortho intramolecular Hbond substituents is 1. The number of methoxy groups -OCH3 is 1. The van der Waals surface area contributed by atoms with Crippen LogP contribution in [0.2, 0.25) is 0 Å². The molecule has 0 saturated heterocycles. The molecule has 0 saturated carbocycles. The molecule has 0 aliphatic carbocycles. The summed E-state index contributed by atoms with van der Waals surface area (Å²) in [5.41, 5.74) is 0.859. The molecule has 1 aromatic carbocycles. The first kappa shape index (κ1) is 14.8. The summed E-state index contributed by atoms with van der Waals surface area (Å²) in [6, 6.07) is 5.45. The Morgan fingerprint density at radius 3 is 2.67 bits per heavy atom. The Hall–Kier alpha value is -1.26. The number of aromatic hydroxyl groups is 1. The summed E-state index contributed by atoms with van der Waals surface area (Å²) < 4.78 is 5.06. The molecule has 0 amide bonds. The van der Waals surface area contributed by atoms with Crippen LogP contribution in [0.15, 0.2) is 18.2 Å². The van der Waals surface area contributed by atoms with Crippen molar-refractivity contribution in [1.29, 1.82) is 0 Å². The highest BCUT2D eigenvalue weighted by atomic mass is 16.5. The standard InChI is InChI=1S/C14H23NO3/c1-14(2,7-8-16)10-15-9-11-5-4-6-12(18-3)13(11)17/h4-6,15-17H,7-10H2,1-3H3. The van der Waals surface area contributed by atoms with E-state index in [2.05, 4.69) is 19.2 Å². The second kappa shape index (κ2) is 6.61. The molecule has 4 nitrogen and oxygen atoms in total. The van der Waals surface area contributed by atoms with Crippen LogP contribution in [0.5, 0.6) is 11.5 Å². The molecule has 0 aromatic heterocycles. The van der Waals surface area contributed by atoms with Crippen LogP contribution < -0.4 is 10.1 Å². The van der Waals surface area contributed by atoms with E-state index < -0.39 is 0 Å². The van der Waals surface area contributed by atoms with Crippen molar-refractivity contribution in [3.63, 3.8) is 0 Å². The minimum absolute atomic E-state index is 0.0449. The number of phenols is 1. The topological polar surface area (TPSA) is 61.7 Å². The van der Waals surface area contributed by atoms with Gasteiger partial charge in [-0.1, -0.05) is 26.0 Å². The average Bonchev–Trinajstić information content (AvgIpc) is 2.31. The number of aliphatic hydroxyl groups is 1. The molecule has 4 heteroatoms. The maximum Gasteiger partial charge on any atom is 0.162 e. The summed E-state index contributed by atoms with van der Waals surface area (Å²) in [6.45, 7) is 5.75. The van der Waals surface area contributed by atoms with Crippen molar-refractivity contribution >= 4 is 0 Å². The lowest BCUT2D eigenvalue weighted by molar-refractivity contribution is 0.207. The molecule has 0 atom stereocenters. The van der Waals surface area contributed by atoms with Crippen LogP contribution in [0.3, 0.4) is 0 Å². The van der Waals surface area contributed by atoms with Gasteiger partial charge in [-0.05, 0) is 17.9 Å². The zero-order valence-electron chi connectivity index (χ0n) is 11.4. The van der Waals surface area contributed by atoms with Gasteiger partial charge in [0.1, 0.15) is 0 Å². The molecule has 0 unspecified atom stereocenters. The van der Waals surface area contributed by atoms with Crippen molar-refractivity contribution in [1.82, 2.24) is 5.32 Å². The summed E-state index contributed by atoms with van der Waals surface area (Å²) in [7, 11) is 1.54. The Labute approximate surface area is 109 Å². The smallest absolute Gasteiger partial charge is 0.162 e. The van der Waals surface area contributed by atoms with E-state index >= 15 is 0 Å². The lowest BCUT2D eigenvalue weighted by Crippen LogP contribution is -2.29. The molecular formula is C14H23NO3. The van der Waals surface area contributed by atoms with Crippen LogP contribution in [0, 0.1) is 5.41 Å². The van der Waals surface area contributed by atoms with Gasteiger partial charge in [-0.2, -0.15) is 0 Å².